The average Bonchev–Trinajstić information content (AvgIpc) is 3.84. The van der Waals surface area contributed by atoms with E-state index in [0.29, 0.717) is 39.5 Å². The minimum atomic E-state index is -5.15. The summed E-state index contributed by atoms with van der Waals surface area (Å²) in [5.74, 6) is -3.16. The maximum Gasteiger partial charge on any atom is 0.416 e. The predicted molar refractivity (Wildman–Crippen MR) is 209 cm³/mol. The Hall–Kier alpha value is -5.47. The van der Waals surface area contributed by atoms with E-state index in [-0.39, 0.29) is 59.0 Å². The number of halogens is 6. The molecule has 6 heterocycles. The summed E-state index contributed by atoms with van der Waals surface area (Å²) >= 11 is 0. The lowest BCUT2D eigenvalue weighted by Gasteiger charge is -2.27. The Bertz CT molecular complexity index is 2480. The highest BCUT2D eigenvalue weighted by Gasteiger charge is 2.43. The van der Waals surface area contributed by atoms with Gasteiger partial charge in [0.2, 0.25) is 0 Å². The van der Waals surface area contributed by atoms with E-state index in [1.54, 1.807) is 6.92 Å². The average molecular weight is 822 g/mol. The second kappa shape index (κ2) is 15.0. The molecule has 2 aromatic heterocycles. The molecule has 9 nitrogen and oxygen atoms in total. The number of alkyl halides is 6. The van der Waals surface area contributed by atoms with Crippen molar-refractivity contribution in [2.24, 2.45) is 5.92 Å². The van der Waals surface area contributed by atoms with Gasteiger partial charge in [0.1, 0.15) is 0 Å². The minimum absolute atomic E-state index is 0.000945. The van der Waals surface area contributed by atoms with Crippen molar-refractivity contribution in [3.8, 4) is 0 Å². The molecule has 312 valence electrons. The fourth-order valence-corrected chi connectivity index (χ4v) is 9.06. The fourth-order valence-electron chi connectivity index (χ4n) is 9.06. The molecule has 4 aliphatic heterocycles. The van der Waals surface area contributed by atoms with E-state index in [1.807, 2.05) is 26.0 Å². The molecule has 59 heavy (non-hydrogen) atoms. The van der Waals surface area contributed by atoms with Gasteiger partial charge in [0, 0.05) is 52.7 Å². The van der Waals surface area contributed by atoms with Crippen molar-refractivity contribution in [3.05, 3.63) is 104 Å². The molecule has 15 heteroatoms. The van der Waals surface area contributed by atoms with Gasteiger partial charge >= 0.3 is 18.3 Å². The number of amides is 2. The number of esters is 1. The lowest BCUT2D eigenvalue weighted by molar-refractivity contribution is -0.143. The summed E-state index contributed by atoms with van der Waals surface area (Å²) in [6.45, 7) is 13.1. The number of imide groups is 1. The number of methoxy groups -OCH3 is 1. The van der Waals surface area contributed by atoms with Crippen LogP contribution in [0.25, 0.3) is 22.2 Å². The number of benzene rings is 1. The van der Waals surface area contributed by atoms with Crippen molar-refractivity contribution in [2.75, 3.05) is 7.11 Å². The normalized spacial score (nSPS) is 20.2. The van der Waals surface area contributed by atoms with Crippen LogP contribution in [-0.4, -0.2) is 49.7 Å². The van der Waals surface area contributed by atoms with E-state index in [2.05, 4.69) is 43.7 Å². The standard InChI is InChI=1S/C44H45F6N5O4/c1-9-27-20(4)29-17-34-36(19(2)3)22(6)31(52-34)15-30-21(5)28(10-11-35(56)59-8)39(53-30)38-40-37(23(7)32(54-40)16-33(27)51-29)41(57)55(42(38)58)18-24-12-25(43(45,46)47)14-26(13-24)44(48,49)50/h12-17,19-21,27-28,51,54H,9-11,18H2,1-8H3/t20?,21-,27?,28-/m0/s1. The van der Waals surface area contributed by atoms with Crippen LogP contribution in [0.4, 0.5) is 26.3 Å². The fraction of sp³-hybridized carbons (Fsp3) is 0.432. The van der Waals surface area contributed by atoms with E-state index in [1.165, 1.54) is 7.11 Å². The Morgan fingerprint density at radius 1 is 0.831 bits per heavy atom. The number of hydrogen-bond acceptors (Lipinski definition) is 6. The van der Waals surface area contributed by atoms with Crippen LogP contribution < -0.4 is 0 Å². The molecular weight excluding hydrogens is 777 g/mol. The van der Waals surface area contributed by atoms with Crippen molar-refractivity contribution in [2.45, 2.75) is 110 Å². The summed E-state index contributed by atoms with van der Waals surface area (Å²) in [7, 11) is 1.26. The molecule has 0 spiro atoms. The number of nitrogens with one attached hydrogen (secondary N) is 2. The Morgan fingerprint density at radius 3 is 2.07 bits per heavy atom. The molecule has 8 bridgehead atoms. The maximum absolute atomic E-state index is 14.9. The van der Waals surface area contributed by atoms with Crippen LogP contribution in [0.15, 0.2) is 36.4 Å². The number of aromatic amines is 2. The van der Waals surface area contributed by atoms with Crippen molar-refractivity contribution in [1.29, 1.82) is 0 Å². The van der Waals surface area contributed by atoms with Crippen molar-refractivity contribution >= 4 is 40.0 Å². The topological polar surface area (TPSA) is 121 Å². The van der Waals surface area contributed by atoms with Crippen molar-refractivity contribution < 1.29 is 45.5 Å². The molecule has 2 unspecified atom stereocenters. The first-order valence-electron chi connectivity index (χ1n) is 19.6. The van der Waals surface area contributed by atoms with Crippen LogP contribution in [0, 0.1) is 12.8 Å². The number of carbonyl (C=O) groups excluding carboxylic acids is 3. The summed E-state index contributed by atoms with van der Waals surface area (Å²) in [6.07, 6.45) is -9.42. The summed E-state index contributed by atoms with van der Waals surface area (Å²) in [4.78, 5) is 59.7. The van der Waals surface area contributed by atoms with E-state index in [4.69, 9.17) is 14.7 Å². The van der Waals surface area contributed by atoms with E-state index < -0.39 is 65.2 Å². The number of aryl methyl sites for hydroxylation is 1. The molecule has 0 saturated carbocycles. The minimum Gasteiger partial charge on any atom is -0.469 e. The molecule has 0 fully saturated rings. The summed E-state index contributed by atoms with van der Waals surface area (Å²) < 4.78 is 88.7. The van der Waals surface area contributed by atoms with Crippen LogP contribution in [0.2, 0.25) is 0 Å². The Morgan fingerprint density at radius 2 is 1.47 bits per heavy atom. The highest BCUT2D eigenvalue weighted by molar-refractivity contribution is 6.23. The molecule has 0 saturated heterocycles. The van der Waals surface area contributed by atoms with Gasteiger partial charge in [-0.3, -0.25) is 24.3 Å². The zero-order valence-corrected chi connectivity index (χ0v) is 33.9. The first kappa shape index (κ1) is 41.7. The smallest absolute Gasteiger partial charge is 0.416 e. The summed E-state index contributed by atoms with van der Waals surface area (Å²) in [5.41, 5.74) is 3.36. The second-order valence-electron chi connectivity index (χ2n) is 16.2. The molecule has 7 rings (SSSR count). The number of rotatable bonds is 7. The molecular formula is C44H45F6N5O4. The predicted octanol–water partition coefficient (Wildman–Crippen LogP) is 10.9. The number of carbonyl (C=O) groups is 3. The van der Waals surface area contributed by atoms with Crippen LogP contribution in [0.1, 0.15) is 162 Å². The van der Waals surface area contributed by atoms with Crippen LogP contribution in [0.3, 0.4) is 0 Å². The van der Waals surface area contributed by atoms with Gasteiger partial charge < -0.3 is 14.7 Å². The zero-order chi connectivity index (χ0) is 43.0. The van der Waals surface area contributed by atoms with Gasteiger partial charge in [0.15, 0.2) is 0 Å². The molecule has 4 aliphatic rings. The number of ether oxygens (including phenoxy) is 1. The zero-order valence-electron chi connectivity index (χ0n) is 33.9. The van der Waals surface area contributed by atoms with Crippen LogP contribution in [-0.2, 0) is 28.4 Å². The largest absolute Gasteiger partial charge is 0.469 e. The first-order chi connectivity index (χ1) is 27.6. The van der Waals surface area contributed by atoms with Gasteiger partial charge in [-0.15, -0.1) is 0 Å². The SMILES string of the molecule is CCC1c2cc3[nH]c4c(c5nc(cc6nc(cc([nH]2)C1C)C(C(C)C)=C6C)[C@@H](C)[C@@H]5CCC(=O)OC)C(=O)N(Cc1cc(C(F)(F)F)cc(C(F)(F)F)c1)C(=O)c4c3C. The van der Waals surface area contributed by atoms with Crippen LogP contribution in [0.5, 0.6) is 0 Å². The third-order valence-electron chi connectivity index (χ3n) is 12.2. The van der Waals surface area contributed by atoms with Gasteiger partial charge in [-0.1, -0.05) is 34.6 Å². The van der Waals surface area contributed by atoms with E-state index in [9.17, 15) is 40.7 Å². The molecule has 3 aromatic rings. The number of nitrogens with zero attached hydrogens (tertiary/aromatic N) is 3. The number of fused-ring (bicyclic) bond motifs is 8. The number of H-pyrrole nitrogens is 2. The molecule has 0 aliphatic carbocycles. The molecule has 4 atom stereocenters. The van der Waals surface area contributed by atoms with Gasteiger partial charge in [-0.2, -0.15) is 26.3 Å². The monoisotopic (exact) mass is 821 g/mol. The van der Waals surface area contributed by atoms with Gasteiger partial charge in [0.05, 0.1) is 58.5 Å². The second-order valence-corrected chi connectivity index (χ2v) is 16.2. The van der Waals surface area contributed by atoms with Gasteiger partial charge in [-0.05, 0) is 91.3 Å². The third kappa shape index (κ3) is 7.30. The van der Waals surface area contributed by atoms with Gasteiger partial charge in [-0.25, -0.2) is 4.98 Å². The highest BCUT2D eigenvalue weighted by Crippen LogP contribution is 2.46. The molecule has 0 radical (unpaired) electrons. The van der Waals surface area contributed by atoms with E-state index >= 15 is 0 Å². The maximum atomic E-state index is 14.9. The molecule has 2 amide bonds. The Kier molecular flexibility index (Phi) is 10.6. The quantitative estimate of drug-likeness (QED) is 0.139. The van der Waals surface area contributed by atoms with Crippen molar-refractivity contribution in [3.63, 3.8) is 0 Å². The number of hydrogen-bond donors (Lipinski definition) is 2. The van der Waals surface area contributed by atoms with Crippen molar-refractivity contribution in [1.82, 2.24) is 24.8 Å². The highest BCUT2D eigenvalue weighted by atomic mass is 19.4. The molecule has 2 N–H and O–H groups in total. The van der Waals surface area contributed by atoms with E-state index in [0.717, 1.165) is 34.6 Å². The number of aromatic nitrogens is 4. The third-order valence-corrected chi connectivity index (χ3v) is 12.2. The molecule has 1 aromatic carbocycles. The lowest BCUT2D eigenvalue weighted by atomic mass is 9.84. The number of allylic oxidation sites excluding steroid dienone is 2. The van der Waals surface area contributed by atoms with Crippen LogP contribution >= 0.6 is 0 Å². The summed E-state index contributed by atoms with van der Waals surface area (Å²) in [5, 5.41) is 0. The Labute approximate surface area is 337 Å². The first-order valence-corrected chi connectivity index (χ1v) is 19.6. The van der Waals surface area contributed by atoms with Gasteiger partial charge in [0.25, 0.3) is 11.8 Å². The Balaban J connectivity index is 1.56. The summed E-state index contributed by atoms with van der Waals surface area (Å²) in [6, 6.07) is 6.84. The lowest BCUT2D eigenvalue weighted by Crippen LogP contribution is -2.40.